The maximum absolute atomic E-state index is 5.70. The Bertz CT molecular complexity index is 468. The smallest absolute Gasteiger partial charge is 0.0594 e. The van der Waals surface area contributed by atoms with E-state index in [-0.39, 0.29) is 0 Å². The van der Waals surface area contributed by atoms with Crippen LogP contribution >= 0.6 is 23.5 Å². The third-order valence-corrected chi connectivity index (χ3v) is 5.35. The monoisotopic (exact) mass is 275 g/mol. The Labute approximate surface area is 117 Å². The van der Waals surface area contributed by atoms with Gasteiger partial charge in [0.05, 0.1) is 4.58 Å². The highest BCUT2D eigenvalue weighted by Gasteiger charge is 2.09. The molecule has 1 nitrogen and oxygen atoms in total. The van der Waals surface area contributed by atoms with Crippen LogP contribution in [-0.2, 0) is 0 Å². The van der Waals surface area contributed by atoms with E-state index >= 15 is 0 Å². The van der Waals surface area contributed by atoms with Gasteiger partial charge in [-0.25, -0.2) is 0 Å². The first kappa shape index (κ1) is 13.4. The van der Waals surface area contributed by atoms with Gasteiger partial charge in [0.25, 0.3) is 0 Å². The minimum absolute atomic E-state index is 0.538. The van der Waals surface area contributed by atoms with Gasteiger partial charge in [0.15, 0.2) is 0 Å². The third kappa shape index (κ3) is 4.00. The molecular formula is C15H17NS2. The first-order valence-electron chi connectivity index (χ1n) is 6.02. The van der Waals surface area contributed by atoms with Crippen LogP contribution in [0.25, 0.3) is 0 Å². The average Bonchev–Trinajstić information content (AvgIpc) is 2.41. The SMILES string of the molecule is CCC(Sc1ccccc1)Sc1ccc(N)cc1. The molecule has 0 bridgehead atoms. The molecule has 0 aliphatic carbocycles. The fourth-order valence-electron chi connectivity index (χ4n) is 1.54. The van der Waals surface area contributed by atoms with Crippen LogP contribution in [0, 0.1) is 0 Å². The highest BCUT2D eigenvalue weighted by atomic mass is 32.2. The summed E-state index contributed by atoms with van der Waals surface area (Å²) < 4.78 is 0.538. The van der Waals surface area contributed by atoms with Crippen LogP contribution in [0.4, 0.5) is 5.69 Å². The van der Waals surface area contributed by atoms with E-state index in [2.05, 4.69) is 49.4 Å². The Balaban J connectivity index is 1.99. The van der Waals surface area contributed by atoms with Crippen LogP contribution in [0.5, 0.6) is 0 Å². The number of hydrogen-bond acceptors (Lipinski definition) is 3. The zero-order valence-electron chi connectivity index (χ0n) is 10.4. The van der Waals surface area contributed by atoms with Crippen LogP contribution in [0.3, 0.4) is 0 Å². The number of anilines is 1. The number of benzene rings is 2. The molecule has 3 heteroatoms. The van der Waals surface area contributed by atoms with Crippen LogP contribution < -0.4 is 5.73 Å². The van der Waals surface area contributed by atoms with Gasteiger partial charge in [-0.15, -0.1) is 23.5 Å². The predicted octanol–water partition coefficient (Wildman–Crippen LogP) is 4.89. The second kappa shape index (κ2) is 6.76. The molecule has 2 aromatic carbocycles. The molecule has 0 amide bonds. The first-order valence-corrected chi connectivity index (χ1v) is 7.78. The lowest BCUT2D eigenvalue weighted by Gasteiger charge is -2.14. The lowest BCUT2D eigenvalue weighted by atomic mass is 10.3. The molecule has 1 unspecified atom stereocenters. The molecule has 0 heterocycles. The van der Waals surface area contributed by atoms with E-state index in [0.717, 1.165) is 12.1 Å². The number of thioether (sulfide) groups is 2. The Morgan fingerprint density at radius 3 is 2.00 bits per heavy atom. The van der Waals surface area contributed by atoms with E-state index in [1.165, 1.54) is 9.79 Å². The van der Waals surface area contributed by atoms with Gasteiger partial charge in [0, 0.05) is 15.5 Å². The van der Waals surface area contributed by atoms with Crippen molar-refractivity contribution in [2.75, 3.05) is 5.73 Å². The van der Waals surface area contributed by atoms with E-state index < -0.39 is 0 Å². The predicted molar refractivity (Wildman–Crippen MR) is 83.1 cm³/mol. The van der Waals surface area contributed by atoms with Crippen LogP contribution in [0.1, 0.15) is 13.3 Å². The normalized spacial score (nSPS) is 12.3. The molecular weight excluding hydrogens is 258 g/mol. The maximum Gasteiger partial charge on any atom is 0.0594 e. The summed E-state index contributed by atoms with van der Waals surface area (Å²) in [5.74, 6) is 0. The molecule has 18 heavy (non-hydrogen) atoms. The van der Waals surface area contributed by atoms with Gasteiger partial charge in [-0.3, -0.25) is 0 Å². The van der Waals surface area contributed by atoms with Crippen molar-refractivity contribution in [3.05, 3.63) is 54.6 Å². The van der Waals surface area contributed by atoms with Crippen molar-refractivity contribution in [3.63, 3.8) is 0 Å². The second-order valence-electron chi connectivity index (χ2n) is 3.96. The molecule has 2 rings (SSSR count). The first-order chi connectivity index (χ1) is 8.78. The molecule has 2 aromatic rings. The standard InChI is InChI=1S/C15H17NS2/c1-2-15(17-13-6-4-3-5-7-13)18-14-10-8-12(16)9-11-14/h3-11,15H,2,16H2,1H3. The van der Waals surface area contributed by atoms with Crippen LogP contribution in [0.15, 0.2) is 64.4 Å². The van der Waals surface area contributed by atoms with Crippen molar-refractivity contribution in [2.45, 2.75) is 27.7 Å². The summed E-state index contributed by atoms with van der Waals surface area (Å²) in [6, 6.07) is 18.7. The lowest BCUT2D eigenvalue weighted by Crippen LogP contribution is -1.94. The summed E-state index contributed by atoms with van der Waals surface area (Å²) >= 11 is 3.82. The molecule has 0 radical (unpaired) electrons. The molecule has 0 aliphatic heterocycles. The molecule has 0 saturated heterocycles. The Kier molecular flexibility index (Phi) is 5.02. The summed E-state index contributed by atoms with van der Waals surface area (Å²) in [4.78, 5) is 2.60. The van der Waals surface area contributed by atoms with Gasteiger partial charge >= 0.3 is 0 Å². The van der Waals surface area contributed by atoms with E-state index in [4.69, 9.17) is 5.73 Å². The third-order valence-electron chi connectivity index (χ3n) is 2.49. The van der Waals surface area contributed by atoms with Gasteiger partial charge in [-0.2, -0.15) is 0 Å². The molecule has 0 fully saturated rings. The zero-order valence-corrected chi connectivity index (χ0v) is 12.0. The van der Waals surface area contributed by atoms with Crippen LogP contribution in [0.2, 0.25) is 0 Å². The molecule has 94 valence electrons. The minimum atomic E-state index is 0.538. The van der Waals surface area contributed by atoms with Crippen molar-refractivity contribution < 1.29 is 0 Å². The Morgan fingerprint density at radius 2 is 1.44 bits per heavy atom. The minimum Gasteiger partial charge on any atom is -0.399 e. The molecule has 1 atom stereocenters. The van der Waals surface area contributed by atoms with Crippen molar-refractivity contribution >= 4 is 29.2 Å². The van der Waals surface area contributed by atoms with Crippen molar-refractivity contribution in [3.8, 4) is 0 Å². The highest BCUT2D eigenvalue weighted by molar-refractivity contribution is 8.17. The summed E-state index contributed by atoms with van der Waals surface area (Å²) in [6.45, 7) is 2.23. The largest absolute Gasteiger partial charge is 0.399 e. The van der Waals surface area contributed by atoms with E-state index in [1.807, 2.05) is 35.7 Å². The van der Waals surface area contributed by atoms with Crippen molar-refractivity contribution in [2.24, 2.45) is 0 Å². The molecule has 2 N–H and O–H groups in total. The lowest BCUT2D eigenvalue weighted by molar-refractivity contribution is 1.05. The highest BCUT2D eigenvalue weighted by Crippen LogP contribution is 2.37. The van der Waals surface area contributed by atoms with Crippen LogP contribution in [-0.4, -0.2) is 4.58 Å². The summed E-state index contributed by atoms with van der Waals surface area (Å²) in [5, 5.41) is 0. The fraction of sp³-hybridized carbons (Fsp3) is 0.200. The van der Waals surface area contributed by atoms with E-state index in [0.29, 0.717) is 4.58 Å². The second-order valence-corrected chi connectivity index (χ2v) is 6.81. The Hall–Kier alpha value is -1.06. The summed E-state index contributed by atoms with van der Waals surface area (Å²) in [7, 11) is 0. The quantitative estimate of drug-likeness (QED) is 0.478. The fourth-order valence-corrected chi connectivity index (χ4v) is 3.95. The van der Waals surface area contributed by atoms with Gasteiger partial charge in [-0.05, 0) is 42.8 Å². The number of rotatable bonds is 5. The maximum atomic E-state index is 5.70. The van der Waals surface area contributed by atoms with Crippen molar-refractivity contribution in [1.29, 1.82) is 0 Å². The average molecular weight is 275 g/mol. The summed E-state index contributed by atoms with van der Waals surface area (Å²) in [6.07, 6.45) is 1.13. The van der Waals surface area contributed by atoms with Gasteiger partial charge in [0.1, 0.15) is 0 Å². The molecule has 0 aliphatic rings. The number of nitrogens with two attached hydrogens (primary N) is 1. The summed E-state index contributed by atoms with van der Waals surface area (Å²) in [5.41, 5.74) is 6.52. The van der Waals surface area contributed by atoms with Gasteiger partial charge < -0.3 is 5.73 Å². The van der Waals surface area contributed by atoms with Gasteiger partial charge in [-0.1, -0.05) is 25.1 Å². The molecule has 0 saturated carbocycles. The Morgan fingerprint density at radius 1 is 0.889 bits per heavy atom. The number of hydrogen-bond donors (Lipinski definition) is 1. The van der Waals surface area contributed by atoms with E-state index in [1.54, 1.807) is 0 Å². The zero-order chi connectivity index (χ0) is 12.8. The van der Waals surface area contributed by atoms with Crippen molar-refractivity contribution in [1.82, 2.24) is 0 Å². The topological polar surface area (TPSA) is 26.0 Å². The number of nitrogen functional groups attached to an aromatic ring is 1. The van der Waals surface area contributed by atoms with Gasteiger partial charge in [0.2, 0.25) is 0 Å². The van der Waals surface area contributed by atoms with E-state index in [9.17, 15) is 0 Å². The molecule has 0 aromatic heterocycles. The molecule has 0 spiro atoms.